The van der Waals surface area contributed by atoms with Gasteiger partial charge in [-0.05, 0) is 0 Å². The monoisotopic (exact) mass is 225 g/mol. The quantitative estimate of drug-likeness (QED) is 0.796. The van der Waals surface area contributed by atoms with Gasteiger partial charge in [-0.2, -0.15) is 0 Å². The highest BCUT2D eigenvalue weighted by Gasteiger charge is 2.10. The Morgan fingerprint density at radius 3 is 2.88 bits per heavy atom. The summed E-state index contributed by atoms with van der Waals surface area (Å²) in [7, 11) is 0. The first-order valence-electron chi connectivity index (χ1n) is 4.23. The molecule has 4 nitrogen and oxygen atoms in total. The lowest BCUT2D eigenvalue weighted by atomic mass is 10.3. The van der Waals surface area contributed by atoms with Gasteiger partial charge in [0.15, 0.2) is 11.4 Å². The molecule has 0 saturated carbocycles. The molecule has 0 unspecified atom stereocenters. The zero-order valence-corrected chi connectivity index (χ0v) is 7.78. The maximum atomic E-state index is 13.2. The molecule has 16 heavy (non-hydrogen) atoms. The summed E-state index contributed by atoms with van der Waals surface area (Å²) in [4.78, 5) is 13.9. The molecule has 0 aliphatic rings. The number of aliphatic carboxylic acids is 1. The van der Waals surface area contributed by atoms with Crippen LogP contribution >= 0.6 is 0 Å². The molecule has 0 amide bonds. The smallest absolute Gasteiger partial charge is 0.328 e. The van der Waals surface area contributed by atoms with Gasteiger partial charge >= 0.3 is 5.97 Å². The molecule has 0 fully saturated rings. The summed E-state index contributed by atoms with van der Waals surface area (Å²) in [5.41, 5.74) is -0.200. The Hall–Kier alpha value is -2.24. The number of carboxylic acids is 1. The Labute approximate surface area is 87.8 Å². The van der Waals surface area contributed by atoms with Gasteiger partial charge in [0.05, 0.1) is 0 Å². The molecule has 0 spiro atoms. The third-order valence-electron chi connectivity index (χ3n) is 1.80. The lowest BCUT2D eigenvalue weighted by Gasteiger charge is -1.88. The van der Waals surface area contributed by atoms with E-state index in [-0.39, 0.29) is 17.0 Å². The molecule has 82 valence electrons. The lowest BCUT2D eigenvalue weighted by molar-refractivity contribution is -0.131. The van der Waals surface area contributed by atoms with E-state index >= 15 is 0 Å². The second kappa shape index (κ2) is 3.73. The number of nitrogens with zero attached hydrogens (tertiary/aromatic N) is 1. The summed E-state index contributed by atoms with van der Waals surface area (Å²) in [5.74, 6) is -2.92. The van der Waals surface area contributed by atoms with E-state index in [4.69, 9.17) is 9.52 Å². The van der Waals surface area contributed by atoms with Crippen LogP contribution < -0.4 is 0 Å². The molecular weight excluding hydrogens is 220 g/mol. The normalized spacial score (nSPS) is 11.4. The first kappa shape index (κ1) is 10.3. The van der Waals surface area contributed by atoms with Gasteiger partial charge < -0.3 is 9.52 Å². The van der Waals surface area contributed by atoms with Crippen LogP contribution in [0.5, 0.6) is 0 Å². The van der Waals surface area contributed by atoms with Crippen molar-refractivity contribution in [2.24, 2.45) is 0 Å². The Morgan fingerprint density at radius 2 is 2.19 bits per heavy atom. The Kier molecular flexibility index (Phi) is 2.40. The molecule has 1 aromatic heterocycles. The third-order valence-corrected chi connectivity index (χ3v) is 1.80. The van der Waals surface area contributed by atoms with Gasteiger partial charge in [0, 0.05) is 24.3 Å². The largest absolute Gasteiger partial charge is 0.478 e. The van der Waals surface area contributed by atoms with Gasteiger partial charge in [-0.1, -0.05) is 0 Å². The lowest BCUT2D eigenvalue weighted by Crippen LogP contribution is -1.85. The highest BCUT2D eigenvalue weighted by Crippen LogP contribution is 2.20. The van der Waals surface area contributed by atoms with Crippen molar-refractivity contribution in [3.05, 3.63) is 35.7 Å². The van der Waals surface area contributed by atoms with Crippen molar-refractivity contribution in [1.82, 2.24) is 4.98 Å². The highest BCUT2D eigenvalue weighted by molar-refractivity contribution is 5.85. The van der Waals surface area contributed by atoms with Crippen LogP contribution in [0.4, 0.5) is 8.78 Å². The molecule has 1 aromatic carbocycles. The Balaban J connectivity index is 2.52. The fourth-order valence-corrected chi connectivity index (χ4v) is 1.19. The van der Waals surface area contributed by atoms with E-state index in [9.17, 15) is 13.6 Å². The molecule has 0 radical (unpaired) electrons. The molecule has 1 N–H and O–H groups in total. The van der Waals surface area contributed by atoms with Crippen molar-refractivity contribution in [3.8, 4) is 0 Å². The van der Waals surface area contributed by atoms with E-state index in [1.807, 2.05) is 0 Å². The van der Waals surface area contributed by atoms with Crippen molar-refractivity contribution in [2.75, 3.05) is 0 Å². The number of hydrogen-bond donors (Lipinski definition) is 1. The van der Waals surface area contributed by atoms with E-state index in [1.165, 1.54) is 0 Å². The number of benzene rings is 1. The van der Waals surface area contributed by atoms with Gasteiger partial charge in [0.25, 0.3) is 0 Å². The molecule has 1 heterocycles. The summed E-state index contributed by atoms with van der Waals surface area (Å²) < 4.78 is 30.9. The minimum atomic E-state index is -1.19. The van der Waals surface area contributed by atoms with Crippen LogP contribution in [-0.2, 0) is 4.79 Å². The van der Waals surface area contributed by atoms with Crippen LogP contribution in [-0.4, -0.2) is 16.1 Å². The van der Waals surface area contributed by atoms with E-state index in [0.717, 1.165) is 18.2 Å². The van der Waals surface area contributed by atoms with Crippen LogP contribution in [0.15, 0.2) is 22.6 Å². The number of halogens is 2. The first-order chi connectivity index (χ1) is 7.56. The Morgan fingerprint density at radius 1 is 1.44 bits per heavy atom. The average Bonchev–Trinajstić information content (AvgIpc) is 2.57. The molecule has 0 aliphatic heterocycles. The van der Waals surface area contributed by atoms with E-state index in [2.05, 4.69) is 4.98 Å². The predicted molar refractivity (Wildman–Crippen MR) is 50.6 cm³/mol. The number of aromatic nitrogens is 1. The number of oxazole rings is 1. The van der Waals surface area contributed by atoms with E-state index in [0.29, 0.717) is 6.07 Å². The molecule has 2 rings (SSSR count). The SMILES string of the molecule is O=C(O)/C=C/c1nc2c(F)cc(F)cc2o1. The predicted octanol–water partition coefficient (Wildman–Crippen LogP) is 2.20. The van der Waals surface area contributed by atoms with Crippen molar-refractivity contribution in [2.45, 2.75) is 0 Å². The standard InChI is InChI=1S/C10H5F2NO3/c11-5-3-6(12)10-7(4-5)16-8(13-10)1-2-9(14)15/h1-4H,(H,14,15)/b2-1+. The number of rotatable bonds is 2. The second-order valence-corrected chi connectivity index (χ2v) is 2.96. The molecule has 0 saturated heterocycles. The maximum Gasteiger partial charge on any atom is 0.328 e. The van der Waals surface area contributed by atoms with Gasteiger partial charge in [-0.3, -0.25) is 0 Å². The second-order valence-electron chi connectivity index (χ2n) is 2.96. The molecule has 0 aliphatic carbocycles. The summed E-state index contributed by atoms with van der Waals surface area (Å²) >= 11 is 0. The van der Waals surface area contributed by atoms with E-state index in [1.54, 1.807) is 0 Å². The van der Waals surface area contributed by atoms with Crippen LogP contribution in [0, 0.1) is 11.6 Å². The van der Waals surface area contributed by atoms with Crippen LogP contribution in [0.1, 0.15) is 5.89 Å². The third kappa shape index (κ3) is 1.90. The van der Waals surface area contributed by atoms with Crippen LogP contribution in [0.3, 0.4) is 0 Å². The average molecular weight is 225 g/mol. The fourth-order valence-electron chi connectivity index (χ4n) is 1.19. The number of carbonyl (C=O) groups is 1. The topological polar surface area (TPSA) is 63.3 Å². The van der Waals surface area contributed by atoms with Crippen molar-refractivity contribution in [1.29, 1.82) is 0 Å². The Bertz CT molecular complexity index is 589. The van der Waals surface area contributed by atoms with Crippen molar-refractivity contribution in [3.63, 3.8) is 0 Å². The highest BCUT2D eigenvalue weighted by atomic mass is 19.1. The molecule has 2 aromatic rings. The van der Waals surface area contributed by atoms with Gasteiger partial charge in [-0.15, -0.1) is 0 Å². The van der Waals surface area contributed by atoms with Crippen LogP contribution in [0.25, 0.3) is 17.2 Å². The minimum absolute atomic E-state index is 0.0671. The first-order valence-corrected chi connectivity index (χ1v) is 4.23. The van der Waals surface area contributed by atoms with Gasteiger partial charge in [0.2, 0.25) is 5.89 Å². The fraction of sp³-hybridized carbons (Fsp3) is 0. The number of carboxylic acid groups (broad SMARTS) is 1. The molecule has 6 heteroatoms. The number of fused-ring (bicyclic) bond motifs is 1. The number of hydrogen-bond acceptors (Lipinski definition) is 3. The van der Waals surface area contributed by atoms with Gasteiger partial charge in [-0.25, -0.2) is 18.6 Å². The van der Waals surface area contributed by atoms with Gasteiger partial charge in [0.1, 0.15) is 11.3 Å². The molecule has 0 atom stereocenters. The molecular formula is C10H5F2NO3. The summed E-state index contributed by atoms with van der Waals surface area (Å²) in [6, 6.07) is 1.65. The summed E-state index contributed by atoms with van der Waals surface area (Å²) in [6.45, 7) is 0. The minimum Gasteiger partial charge on any atom is -0.478 e. The zero-order valence-electron chi connectivity index (χ0n) is 7.78. The zero-order chi connectivity index (χ0) is 11.7. The van der Waals surface area contributed by atoms with Crippen molar-refractivity contribution >= 4 is 23.1 Å². The molecule has 0 bridgehead atoms. The maximum absolute atomic E-state index is 13.2. The summed E-state index contributed by atoms with van der Waals surface area (Å²) in [5, 5.41) is 8.36. The van der Waals surface area contributed by atoms with Crippen LogP contribution in [0.2, 0.25) is 0 Å². The summed E-state index contributed by atoms with van der Waals surface area (Å²) in [6.07, 6.45) is 1.85. The van der Waals surface area contributed by atoms with E-state index < -0.39 is 17.6 Å². The van der Waals surface area contributed by atoms with Crippen molar-refractivity contribution < 1.29 is 23.1 Å².